The average molecular weight is 453 g/mol. The largest absolute Gasteiger partial charge is 0.497 e. The van der Waals surface area contributed by atoms with Crippen molar-refractivity contribution < 1.29 is 9.53 Å². The molecule has 1 unspecified atom stereocenters. The molecule has 0 bridgehead atoms. The number of carbonyl (C=O) groups excluding carboxylic acids is 1. The van der Waals surface area contributed by atoms with Crippen LogP contribution < -0.4 is 15.4 Å². The van der Waals surface area contributed by atoms with Crippen LogP contribution in [-0.4, -0.2) is 23.0 Å². The van der Waals surface area contributed by atoms with E-state index in [0.717, 1.165) is 40.2 Å². The normalized spacial score (nSPS) is 11.5. The summed E-state index contributed by atoms with van der Waals surface area (Å²) >= 11 is 0. The number of aryl methyl sites for hydroxylation is 1. The van der Waals surface area contributed by atoms with Gasteiger partial charge in [0.05, 0.1) is 31.2 Å². The van der Waals surface area contributed by atoms with Crippen LogP contribution in [0.15, 0.2) is 85.2 Å². The first kappa shape index (κ1) is 23.0. The fourth-order valence-electron chi connectivity index (χ4n) is 3.78. The van der Waals surface area contributed by atoms with Gasteiger partial charge in [0.25, 0.3) is 5.91 Å². The maximum Gasteiger partial charge on any atom is 0.255 e. The zero-order valence-electron chi connectivity index (χ0n) is 19.6. The van der Waals surface area contributed by atoms with Crippen molar-refractivity contribution in [2.45, 2.75) is 26.3 Å². The Morgan fingerprint density at radius 1 is 1.00 bits per heavy atom. The summed E-state index contributed by atoms with van der Waals surface area (Å²) in [5.74, 6) is 1.33. The molecule has 1 aromatic heterocycles. The number of hydrogen-bond acceptors (Lipinski definition) is 5. The van der Waals surface area contributed by atoms with Gasteiger partial charge in [0.1, 0.15) is 11.6 Å². The Morgan fingerprint density at radius 3 is 2.62 bits per heavy atom. The molecule has 0 saturated heterocycles. The van der Waals surface area contributed by atoms with Crippen molar-refractivity contribution >= 4 is 17.4 Å². The Kier molecular flexibility index (Phi) is 7.18. The van der Waals surface area contributed by atoms with Crippen LogP contribution in [0.3, 0.4) is 0 Å². The SMILES string of the molecule is CCC(Nc1cncc(-c2cccc(OC)c2)n1)c1cccc(NC(=O)c2cccc(C)c2)c1. The van der Waals surface area contributed by atoms with Crippen LogP contribution in [0.5, 0.6) is 5.75 Å². The summed E-state index contributed by atoms with van der Waals surface area (Å²) in [5.41, 5.74) is 5.19. The smallest absolute Gasteiger partial charge is 0.255 e. The maximum absolute atomic E-state index is 12.7. The summed E-state index contributed by atoms with van der Waals surface area (Å²) in [6.45, 7) is 4.08. The number of carbonyl (C=O) groups is 1. The lowest BCUT2D eigenvalue weighted by atomic mass is 10.0. The van der Waals surface area contributed by atoms with E-state index < -0.39 is 0 Å². The number of hydrogen-bond donors (Lipinski definition) is 2. The number of amides is 1. The lowest BCUT2D eigenvalue weighted by Gasteiger charge is -2.19. The first-order chi connectivity index (χ1) is 16.6. The molecule has 4 rings (SSSR count). The summed E-state index contributed by atoms with van der Waals surface area (Å²) in [5, 5.41) is 6.49. The Balaban J connectivity index is 1.51. The Morgan fingerprint density at radius 2 is 1.82 bits per heavy atom. The van der Waals surface area contributed by atoms with E-state index in [0.29, 0.717) is 11.4 Å². The molecule has 0 saturated carbocycles. The molecule has 6 nitrogen and oxygen atoms in total. The van der Waals surface area contributed by atoms with Crippen molar-refractivity contribution in [1.82, 2.24) is 9.97 Å². The Labute approximate surface area is 200 Å². The van der Waals surface area contributed by atoms with Crippen LogP contribution in [-0.2, 0) is 0 Å². The number of ether oxygens (including phenoxy) is 1. The summed E-state index contributed by atoms with van der Waals surface area (Å²) in [6.07, 6.45) is 4.29. The van der Waals surface area contributed by atoms with Gasteiger partial charge in [0.15, 0.2) is 0 Å². The number of aromatic nitrogens is 2. The first-order valence-corrected chi connectivity index (χ1v) is 11.3. The summed E-state index contributed by atoms with van der Waals surface area (Å²) in [4.78, 5) is 21.8. The number of methoxy groups -OCH3 is 1. The van der Waals surface area contributed by atoms with Gasteiger partial charge in [-0.15, -0.1) is 0 Å². The van der Waals surface area contributed by atoms with Gasteiger partial charge in [0.2, 0.25) is 0 Å². The summed E-state index contributed by atoms with van der Waals surface area (Å²) in [7, 11) is 1.64. The van der Waals surface area contributed by atoms with Crippen LogP contribution in [0.4, 0.5) is 11.5 Å². The summed E-state index contributed by atoms with van der Waals surface area (Å²) < 4.78 is 5.33. The fraction of sp³-hybridized carbons (Fsp3) is 0.179. The molecule has 1 heterocycles. The van der Waals surface area contributed by atoms with Crippen LogP contribution >= 0.6 is 0 Å². The van der Waals surface area contributed by atoms with Gasteiger partial charge in [-0.1, -0.05) is 48.9 Å². The topological polar surface area (TPSA) is 76.1 Å². The standard InChI is InChI=1S/C28H28N4O2/c1-4-25(31-27-18-29-17-26(32-27)21-10-7-13-24(16-21)34-3)20-9-6-12-23(15-20)30-28(33)22-11-5-8-19(2)14-22/h5-18,25H,4H2,1-3H3,(H,30,33)(H,31,32). The van der Waals surface area contributed by atoms with Gasteiger partial charge < -0.3 is 15.4 Å². The molecule has 172 valence electrons. The zero-order valence-corrected chi connectivity index (χ0v) is 19.6. The predicted octanol–water partition coefficient (Wildman–Crippen LogP) is 6.28. The van der Waals surface area contributed by atoms with Crippen LogP contribution in [0.25, 0.3) is 11.3 Å². The van der Waals surface area contributed by atoms with Gasteiger partial charge >= 0.3 is 0 Å². The van der Waals surface area contributed by atoms with Crippen LogP contribution in [0.1, 0.15) is 40.9 Å². The molecule has 1 amide bonds. The van der Waals surface area contributed by atoms with Gasteiger partial charge in [-0.2, -0.15) is 0 Å². The third-order valence-electron chi connectivity index (χ3n) is 5.56. The lowest BCUT2D eigenvalue weighted by Crippen LogP contribution is -2.14. The summed E-state index contributed by atoms with van der Waals surface area (Å²) in [6, 6.07) is 23.2. The number of anilines is 2. The van der Waals surface area contributed by atoms with E-state index in [2.05, 4.69) is 22.5 Å². The van der Waals surface area contributed by atoms with E-state index in [1.165, 1.54) is 0 Å². The highest BCUT2D eigenvalue weighted by Gasteiger charge is 2.13. The maximum atomic E-state index is 12.7. The van der Waals surface area contributed by atoms with E-state index in [-0.39, 0.29) is 11.9 Å². The Bertz CT molecular complexity index is 1290. The molecular formula is C28H28N4O2. The monoisotopic (exact) mass is 452 g/mol. The van der Waals surface area contributed by atoms with Crippen LogP contribution in [0, 0.1) is 6.92 Å². The second kappa shape index (κ2) is 10.6. The minimum absolute atomic E-state index is 0.00526. The molecule has 2 N–H and O–H groups in total. The van der Waals surface area contributed by atoms with Gasteiger partial charge in [-0.3, -0.25) is 9.78 Å². The number of rotatable bonds is 8. The molecule has 4 aromatic rings. The molecule has 0 radical (unpaired) electrons. The fourth-order valence-corrected chi connectivity index (χ4v) is 3.78. The third kappa shape index (κ3) is 5.59. The van der Waals surface area contributed by atoms with Gasteiger partial charge in [0, 0.05) is 16.8 Å². The van der Waals surface area contributed by atoms with E-state index in [1.54, 1.807) is 19.5 Å². The van der Waals surface area contributed by atoms with Gasteiger partial charge in [-0.25, -0.2) is 4.98 Å². The molecule has 34 heavy (non-hydrogen) atoms. The quantitative estimate of drug-likeness (QED) is 0.329. The highest BCUT2D eigenvalue weighted by Crippen LogP contribution is 2.26. The molecule has 3 aromatic carbocycles. The van der Waals surface area contributed by atoms with Crippen LogP contribution in [0.2, 0.25) is 0 Å². The minimum atomic E-state index is -0.126. The number of nitrogens with zero attached hydrogens (tertiary/aromatic N) is 2. The van der Waals surface area contributed by atoms with E-state index >= 15 is 0 Å². The molecule has 0 spiro atoms. The molecule has 0 aliphatic rings. The second-order valence-corrected chi connectivity index (χ2v) is 8.08. The minimum Gasteiger partial charge on any atom is -0.497 e. The predicted molar refractivity (Wildman–Crippen MR) is 136 cm³/mol. The highest BCUT2D eigenvalue weighted by molar-refractivity contribution is 6.04. The van der Waals surface area contributed by atoms with E-state index in [4.69, 9.17) is 9.72 Å². The van der Waals surface area contributed by atoms with Crippen molar-refractivity contribution in [3.63, 3.8) is 0 Å². The molecule has 0 aliphatic heterocycles. The van der Waals surface area contributed by atoms with Gasteiger partial charge in [-0.05, 0) is 55.3 Å². The lowest BCUT2D eigenvalue weighted by molar-refractivity contribution is 0.102. The zero-order chi connectivity index (χ0) is 23.9. The molecule has 0 aliphatic carbocycles. The molecule has 1 atom stereocenters. The molecular weight excluding hydrogens is 424 g/mol. The molecule has 6 heteroatoms. The van der Waals surface area contributed by atoms with E-state index in [1.807, 2.05) is 79.7 Å². The number of benzene rings is 3. The number of nitrogens with one attached hydrogen (secondary N) is 2. The second-order valence-electron chi connectivity index (χ2n) is 8.08. The van der Waals surface area contributed by atoms with Crippen molar-refractivity contribution in [3.05, 3.63) is 102 Å². The first-order valence-electron chi connectivity index (χ1n) is 11.3. The van der Waals surface area contributed by atoms with Crippen molar-refractivity contribution in [2.75, 3.05) is 17.7 Å². The molecule has 0 fully saturated rings. The van der Waals surface area contributed by atoms with Crippen molar-refractivity contribution in [1.29, 1.82) is 0 Å². The third-order valence-corrected chi connectivity index (χ3v) is 5.56. The Hall–Kier alpha value is -4.19. The average Bonchev–Trinajstić information content (AvgIpc) is 2.87. The van der Waals surface area contributed by atoms with Crippen molar-refractivity contribution in [3.8, 4) is 17.0 Å². The highest BCUT2D eigenvalue weighted by atomic mass is 16.5. The van der Waals surface area contributed by atoms with E-state index in [9.17, 15) is 4.79 Å². The van der Waals surface area contributed by atoms with Crippen molar-refractivity contribution in [2.24, 2.45) is 0 Å².